The third-order valence-electron chi connectivity index (χ3n) is 4.07. The predicted octanol–water partition coefficient (Wildman–Crippen LogP) is 2.61. The normalized spacial score (nSPS) is 14.2. The summed E-state index contributed by atoms with van der Waals surface area (Å²) in [5.74, 6) is 0. The Morgan fingerprint density at radius 2 is 2.14 bits per heavy atom. The van der Waals surface area contributed by atoms with Crippen LogP contribution in [0.2, 0.25) is 0 Å². The average molecular weight is 301 g/mol. The summed E-state index contributed by atoms with van der Waals surface area (Å²) < 4.78 is 0. The lowest BCUT2D eigenvalue weighted by atomic mass is 10.2. The first-order valence-electron chi connectivity index (χ1n) is 8.00. The highest BCUT2D eigenvalue weighted by Gasteiger charge is 2.31. The molecule has 22 heavy (non-hydrogen) atoms. The maximum atomic E-state index is 12.3. The highest BCUT2D eigenvalue weighted by Crippen LogP contribution is 2.27. The molecule has 0 bridgehead atoms. The van der Waals surface area contributed by atoms with Crippen molar-refractivity contribution in [3.8, 4) is 0 Å². The van der Waals surface area contributed by atoms with Gasteiger partial charge in [-0.05, 0) is 43.2 Å². The van der Waals surface area contributed by atoms with Crippen LogP contribution >= 0.6 is 0 Å². The number of aliphatic hydroxyl groups is 1. The molecule has 0 saturated heterocycles. The summed E-state index contributed by atoms with van der Waals surface area (Å²) in [5, 5.41) is 13.0. The summed E-state index contributed by atoms with van der Waals surface area (Å²) in [6.07, 6.45) is 3.79. The van der Waals surface area contributed by atoms with Crippen molar-refractivity contribution in [2.45, 2.75) is 38.3 Å². The summed E-state index contributed by atoms with van der Waals surface area (Å²) in [4.78, 5) is 17.6. The Hall–Kier alpha value is -2.01. The number of carbonyl (C=O) groups is 1. The molecule has 0 unspecified atom stereocenters. The first-order valence-corrected chi connectivity index (χ1v) is 8.00. The quantitative estimate of drug-likeness (QED) is 0.688. The van der Waals surface area contributed by atoms with Crippen molar-refractivity contribution in [1.82, 2.24) is 15.2 Å². The second kappa shape index (κ2) is 6.83. The molecule has 1 aliphatic rings. The molecule has 3 rings (SSSR count). The minimum atomic E-state index is -0.000837. The molecule has 2 amide bonds. The molecule has 1 aliphatic carbocycles. The third kappa shape index (κ3) is 3.60. The van der Waals surface area contributed by atoms with Crippen LogP contribution in [-0.4, -0.2) is 40.2 Å². The Balaban J connectivity index is 1.55. The second-order valence-electron chi connectivity index (χ2n) is 5.90. The van der Waals surface area contributed by atoms with Crippen molar-refractivity contribution < 1.29 is 9.90 Å². The monoisotopic (exact) mass is 301 g/mol. The standard InChI is InChI=1S/C17H23N3O2/c21-10-4-3-9-20(15-7-8-15)17(22)18-12-14-11-13-5-1-2-6-16(13)19-14/h1-2,5-6,11,15,19,21H,3-4,7-10,12H2,(H,18,22). The van der Waals surface area contributed by atoms with Gasteiger partial charge in [-0.1, -0.05) is 18.2 Å². The Morgan fingerprint density at radius 3 is 2.86 bits per heavy atom. The molecular formula is C17H23N3O2. The number of aliphatic hydroxyl groups excluding tert-OH is 1. The fourth-order valence-corrected chi connectivity index (χ4v) is 2.73. The fourth-order valence-electron chi connectivity index (χ4n) is 2.73. The second-order valence-corrected chi connectivity index (χ2v) is 5.90. The zero-order valence-corrected chi connectivity index (χ0v) is 12.7. The van der Waals surface area contributed by atoms with Gasteiger partial charge in [0.25, 0.3) is 0 Å². The zero-order valence-electron chi connectivity index (χ0n) is 12.7. The fraction of sp³-hybridized carbons (Fsp3) is 0.471. The molecular weight excluding hydrogens is 278 g/mol. The van der Waals surface area contributed by atoms with E-state index in [2.05, 4.69) is 22.4 Å². The van der Waals surface area contributed by atoms with Gasteiger partial charge in [0.05, 0.1) is 6.54 Å². The van der Waals surface area contributed by atoms with Crippen LogP contribution in [0.1, 0.15) is 31.4 Å². The lowest BCUT2D eigenvalue weighted by Gasteiger charge is -2.22. The largest absolute Gasteiger partial charge is 0.396 e. The average Bonchev–Trinajstić information content (AvgIpc) is 3.27. The first-order chi connectivity index (χ1) is 10.8. The number of nitrogens with zero attached hydrogens (tertiary/aromatic N) is 1. The summed E-state index contributed by atoms with van der Waals surface area (Å²) >= 11 is 0. The van der Waals surface area contributed by atoms with E-state index in [-0.39, 0.29) is 12.6 Å². The molecule has 0 radical (unpaired) electrons. The smallest absolute Gasteiger partial charge is 0.317 e. The number of aromatic nitrogens is 1. The van der Waals surface area contributed by atoms with Gasteiger partial charge in [0.15, 0.2) is 0 Å². The number of rotatable bonds is 7. The number of hydrogen-bond donors (Lipinski definition) is 3. The SMILES string of the molecule is O=C(NCc1cc2ccccc2[nH]1)N(CCCCO)C1CC1. The molecule has 1 heterocycles. The van der Waals surface area contributed by atoms with Gasteiger partial charge < -0.3 is 20.3 Å². The molecule has 0 atom stereocenters. The molecule has 2 aromatic rings. The van der Waals surface area contributed by atoms with Gasteiger partial charge in [0.2, 0.25) is 0 Å². The van der Waals surface area contributed by atoms with E-state index in [0.717, 1.165) is 48.8 Å². The van der Waals surface area contributed by atoms with Gasteiger partial charge >= 0.3 is 6.03 Å². The van der Waals surface area contributed by atoms with Gasteiger partial charge in [0, 0.05) is 30.4 Å². The molecule has 1 saturated carbocycles. The van der Waals surface area contributed by atoms with E-state index in [0.29, 0.717) is 12.6 Å². The Labute approximate surface area is 130 Å². The number of nitrogens with one attached hydrogen (secondary N) is 2. The van der Waals surface area contributed by atoms with Crippen molar-refractivity contribution in [1.29, 1.82) is 0 Å². The zero-order chi connectivity index (χ0) is 15.4. The Kier molecular flexibility index (Phi) is 4.63. The molecule has 118 valence electrons. The van der Waals surface area contributed by atoms with Crippen LogP contribution in [0.5, 0.6) is 0 Å². The third-order valence-corrected chi connectivity index (χ3v) is 4.07. The Morgan fingerprint density at radius 1 is 1.32 bits per heavy atom. The van der Waals surface area contributed by atoms with Crippen molar-refractivity contribution in [3.05, 3.63) is 36.0 Å². The van der Waals surface area contributed by atoms with E-state index in [1.807, 2.05) is 23.1 Å². The summed E-state index contributed by atoms with van der Waals surface area (Å²) in [5.41, 5.74) is 2.11. The van der Waals surface area contributed by atoms with E-state index in [1.54, 1.807) is 0 Å². The minimum Gasteiger partial charge on any atom is -0.396 e. The number of carbonyl (C=O) groups excluding carboxylic acids is 1. The van der Waals surface area contributed by atoms with E-state index < -0.39 is 0 Å². The highest BCUT2D eigenvalue weighted by atomic mass is 16.3. The van der Waals surface area contributed by atoms with E-state index >= 15 is 0 Å². The molecule has 1 aromatic heterocycles. The Bertz CT molecular complexity index is 601. The molecule has 0 aliphatic heterocycles. The maximum Gasteiger partial charge on any atom is 0.317 e. The van der Waals surface area contributed by atoms with Gasteiger partial charge in [-0.15, -0.1) is 0 Å². The van der Waals surface area contributed by atoms with E-state index in [9.17, 15) is 4.79 Å². The lowest BCUT2D eigenvalue weighted by molar-refractivity contribution is 0.190. The predicted molar refractivity (Wildman–Crippen MR) is 86.6 cm³/mol. The van der Waals surface area contributed by atoms with Crippen LogP contribution in [0.3, 0.4) is 0 Å². The molecule has 1 fully saturated rings. The number of fused-ring (bicyclic) bond motifs is 1. The minimum absolute atomic E-state index is 0.000837. The summed E-state index contributed by atoms with van der Waals surface area (Å²) in [7, 11) is 0. The molecule has 3 N–H and O–H groups in total. The van der Waals surface area contributed by atoms with Crippen molar-refractivity contribution in [2.24, 2.45) is 0 Å². The number of amides is 2. The van der Waals surface area contributed by atoms with Crippen molar-refractivity contribution in [2.75, 3.05) is 13.2 Å². The van der Waals surface area contributed by atoms with E-state index in [4.69, 9.17) is 5.11 Å². The molecule has 1 aromatic carbocycles. The molecule has 5 nitrogen and oxygen atoms in total. The van der Waals surface area contributed by atoms with Crippen LogP contribution in [0.15, 0.2) is 30.3 Å². The van der Waals surface area contributed by atoms with E-state index in [1.165, 1.54) is 0 Å². The number of urea groups is 1. The lowest BCUT2D eigenvalue weighted by Crippen LogP contribution is -2.41. The number of benzene rings is 1. The summed E-state index contributed by atoms with van der Waals surface area (Å²) in [6, 6.07) is 10.6. The van der Waals surface area contributed by atoms with Crippen LogP contribution in [-0.2, 0) is 6.54 Å². The summed E-state index contributed by atoms with van der Waals surface area (Å²) in [6.45, 7) is 1.43. The van der Waals surface area contributed by atoms with Crippen LogP contribution in [0, 0.1) is 0 Å². The van der Waals surface area contributed by atoms with Gasteiger partial charge in [-0.2, -0.15) is 0 Å². The highest BCUT2D eigenvalue weighted by molar-refractivity contribution is 5.80. The van der Waals surface area contributed by atoms with Crippen LogP contribution in [0.25, 0.3) is 10.9 Å². The first kappa shape index (κ1) is 14.9. The van der Waals surface area contributed by atoms with Crippen molar-refractivity contribution >= 4 is 16.9 Å². The number of H-pyrrole nitrogens is 1. The number of para-hydroxylation sites is 1. The number of unbranched alkanes of at least 4 members (excludes halogenated alkanes) is 1. The van der Waals surface area contributed by atoms with Crippen LogP contribution in [0.4, 0.5) is 4.79 Å². The number of hydrogen-bond acceptors (Lipinski definition) is 2. The number of aromatic amines is 1. The molecule has 0 spiro atoms. The van der Waals surface area contributed by atoms with Gasteiger partial charge in [-0.25, -0.2) is 4.79 Å². The van der Waals surface area contributed by atoms with Crippen LogP contribution < -0.4 is 5.32 Å². The van der Waals surface area contributed by atoms with Crippen molar-refractivity contribution in [3.63, 3.8) is 0 Å². The maximum absolute atomic E-state index is 12.3. The molecule has 5 heteroatoms. The van der Waals surface area contributed by atoms with Gasteiger partial charge in [-0.3, -0.25) is 0 Å². The van der Waals surface area contributed by atoms with Gasteiger partial charge in [0.1, 0.15) is 0 Å². The topological polar surface area (TPSA) is 68.4 Å².